The minimum absolute atomic E-state index is 0.384. The van der Waals surface area contributed by atoms with Crippen LogP contribution >= 0.6 is 0 Å². The summed E-state index contributed by atoms with van der Waals surface area (Å²) >= 11 is 0. The lowest BCUT2D eigenvalue weighted by molar-refractivity contribution is 1.09. The highest BCUT2D eigenvalue weighted by atomic mass is 28.3. The Balaban J connectivity index is 2.48. The van der Waals surface area contributed by atoms with Crippen LogP contribution in [0.2, 0.25) is 64.5 Å². The molecule has 4 rings (SSSR count). The van der Waals surface area contributed by atoms with E-state index in [2.05, 4.69) is 165 Å². The maximum absolute atomic E-state index is 2.78. The predicted molar refractivity (Wildman–Crippen MR) is 222 cm³/mol. The van der Waals surface area contributed by atoms with Crippen molar-refractivity contribution >= 4 is 63.4 Å². The lowest BCUT2D eigenvalue weighted by Crippen LogP contribution is -2.74. The molecule has 0 aromatic heterocycles. The highest BCUT2D eigenvalue weighted by Gasteiger charge is 2.53. The Bertz CT molecular complexity index is 1590. The van der Waals surface area contributed by atoms with E-state index in [4.69, 9.17) is 0 Å². The van der Waals surface area contributed by atoms with E-state index in [-0.39, 0.29) is 0 Å². The standard InChI is InChI=1S/C42H64Si4/c1-26-20-23-36(33(8)39(26)43(11,12)13)46(42-31(6)29(4)30(5)32(42)7,37-24-21-27(2)40(34(37)9)44(14,15)16)38-25-22-28(3)41(35(38)10)45(17,18)19/h20-25,42H,1-19H3. The lowest BCUT2D eigenvalue weighted by atomic mass is 10.1. The molecule has 0 aliphatic heterocycles. The zero-order valence-corrected chi connectivity index (χ0v) is 37.0. The molecule has 0 amide bonds. The smallest absolute Gasteiger partial charge is 0.0656 e. The van der Waals surface area contributed by atoms with Crippen molar-refractivity contribution in [2.45, 2.75) is 134 Å². The van der Waals surface area contributed by atoms with Gasteiger partial charge < -0.3 is 0 Å². The minimum atomic E-state index is -2.78. The van der Waals surface area contributed by atoms with Crippen molar-refractivity contribution in [1.82, 2.24) is 0 Å². The molecule has 3 aromatic carbocycles. The molecule has 0 radical (unpaired) electrons. The van der Waals surface area contributed by atoms with Gasteiger partial charge in [-0.3, -0.25) is 0 Å². The van der Waals surface area contributed by atoms with E-state index in [1.807, 2.05) is 0 Å². The maximum Gasteiger partial charge on any atom is 0.160 e. The van der Waals surface area contributed by atoms with Gasteiger partial charge in [-0.1, -0.05) is 155 Å². The third-order valence-corrected chi connectivity index (χ3v) is 24.3. The number of aryl methyl sites for hydroxylation is 3. The zero-order chi connectivity index (χ0) is 35.1. The van der Waals surface area contributed by atoms with Gasteiger partial charge in [0.1, 0.15) is 0 Å². The molecule has 1 aliphatic rings. The Morgan fingerprint density at radius 1 is 0.370 bits per heavy atom. The average molecular weight is 681 g/mol. The second-order valence-corrected chi connectivity index (χ2v) is 36.7. The minimum Gasteiger partial charge on any atom is -0.0656 e. The van der Waals surface area contributed by atoms with Crippen LogP contribution < -0.4 is 31.1 Å². The normalized spacial score (nSPS) is 15.5. The summed E-state index contributed by atoms with van der Waals surface area (Å²) in [5, 5.41) is 9.97. The third-order valence-electron chi connectivity index (χ3n) is 11.6. The van der Waals surface area contributed by atoms with Crippen LogP contribution in [0.3, 0.4) is 0 Å². The first-order valence-electron chi connectivity index (χ1n) is 17.6. The number of benzene rings is 3. The van der Waals surface area contributed by atoms with Crippen LogP contribution in [-0.4, -0.2) is 32.3 Å². The van der Waals surface area contributed by atoms with Crippen molar-refractivity contribution in [3.63, 3.8) is 0 Å². The molecule has 0 bridgehead atoms. The molecule has 248 valence electrons. The number of hydrogen-bond donors (Lipinski definition) is 0. The van der Waals surface area contributed by atoms with Crippen LogP contribution in [-0.2, 0) is 0 Å². The molecule has 0 spiro atoms. The van der Waals surface area contributed by atoms with Crippen LogP contribution in [0, 0.1) is 41.5 Å². The van der Waals surface area contributed by atoms with Crippen molar-refractivity contribution in [1.29, 1.82) is 0 Å². The van der Waals surface area contributed by atoms with E-state index in [1.54, 1.807) is 59.0 Å². The SMILES string of the molecule is CC1=C(C)C([Si](c2ccc(C)c([Si](C)(C)C)c2C)(c2ccc(C)c([Si](C)(C)C)c2C)c2ccc(C)c([Si](C)(C)C)c2C)C(C)=C1C. The molecule has 0 saturated carbocycles. The van der Waals surface area contributed by atoms with E-state index >= 15 is 0 Å². The van der Waals surface area contributed by atoms with Gasteiger partial charge in [-0.15, -0.1) is 0 Å². The third kappa shape index (κ3) is 5.73. The van der Waals surface area contributed by atoms with Crippen molar-refractivity contribution in [3.05, 3.63) is 92.1 Å². The summed E-state index contributed by atoms with van der Waals surface area (Å²) in [4.78, 5) is 0. The molecular weight excluding hydrogens is 617 g/mol. The number of allylic oxidation sites excluding steroid dienone is 4. The quantitative estimate of drug-likeness (QED) is 0.173. The van der Waals surface area contributed by atoms with Gasteiger partial charge in [-0.05, 0) is 95.9 Å². The van der Waals surface area contributed by atoms with E-state index in [0.29, 0.717) is 5.54 Å². The Morgan fingerprint density at radius 3 is 0.826 bits per heavy atom. The zero-order valence-electron chi connectivity index (χ0n) is 33.0. The van der Waals surface area contributed by atoms with Gasteiger partial charge in [-0.25, -0.2) is 0 Å². The summed E-state index contributed by atoms with van der Waals surface area (Å²) in [6, 6.07) is 15.4. The Kier molecular flexibility index (Phi) is 9.74. The lowest BCUT2D eigenvalue weighted by Gasteiger charge is -2.46. The van der Waals surface area contributed by atoms with Crippen molar-refractivity contribution in [2.75, 3.05) is 0 Å². The van der Waals surface area contributed by atoms with Crippen LogP contribution in [0.15, 0.2) is 58.7 Å². The van der Waals surface area contributed by atoms with Crippen LogP contribution in [0.5, 0.6) is 0 Å². The van der Waals surface area contributed by atoms with Crippen molar-refractivity contribution in [2.24, 2.45) is 0 Å². The molecule has 0 N–H and O–H groups in total. The fourth-order valence-corrected chi connectivity index (χ4v) is 24.9. The molecule has 3 aromatic rings. The topological polar surface area (TPSA) is 0 Å². The van der Waals surface area contributed by atoms with E-state index in [9.17, 15) is 0 Å². The summed E-state index contributed by atoms with van der Waals surface area (Å²) in [6.45, 7) is 47.4. The predicted octanol–water partition coefficient (Wildman–Crippen LogP) is 8.70. The van der Waals surface area contributed by atoms with Gasteiger partial charge in [0, 0.05) is 5.54 Å². The maximum atomic E-state index is 2.62. The molecule has 0 fully saturated rings. The number of rotatable bonds is 7. The van der Waals surface area contributed by atoms with Crippen molar-refractivity contribution < 1.29 is 0 Å². The fraction of sp³-hybridized carbons (Fsp3) is 0.476. The largest absolute Gasteiger partial charge is 0.160 e. The van der Waals surface area contributed by atoms with Gasteiger partial charge in [0.05, 0.1) is 24.2 Å². The van der Waals surface area contributed by atoms with Gasteiger partial charge in [-0.2, -0.15) is 0 Å². The Labute approximate surface area is 287 Å². The molecule has 4 heteroatoms. The molecular formula is C42H64Si4. The Hall–Kier alpha value is -1.99. The summed E-state index contributed by atoms with van der Waals surface area (Å²) in [6.07, 6.45) is 0. The van der Waals surface area contributed by atoms with Gasteiger partial charge in [0.15, 0.2) is 8.07 Å². The van der Waals surface area contributed by atoms with E-state index in [0.717, 1.165) is 0 Å². The van der Waals surface area contributed by atoms with Gasteiger partial charge in [0.25, 0.3) is 0 Å². The first kappa shape index (κ1) is 36.8. The second kappa shape index (κ2) is 12.2. The van der Waals surface area contributed by atoms with Gasteiger partial charge >= 0.3 is 0 Å². The molecule has 46 heavy (non-hydrogen) atoms. The molecule has 0 heterocycles. The molecule has 0 saturated heterocycles. The molecule has 0 atom stereocenters. The van der Waals surface area contributed by atoms with Gasteiger partial charge in [0.2, 0.25) is 0 Å². The summed E-state index contributed by atoms with van der Waals surface area (Å²) in [7, 11) is -7.73. The summed E-state index contributed by atoms with van der Waals surface area (Å²) < 4.78 is 0. The van der Waals surface area contributed by atoms with E-state index < -0.39 is 32.3 Å². The van der Waals surface area contributed by atoms with Crippen LogP contribution in [0.1, 0.15) is 61.1 Å². The Morgan fingerprint density at radius 2 is 0.609 bits per heavy atom. The highest BCUT2D eigenvalue weighted by Crippen LogP contribution is 2.47. The van der Waals surface area contributed by atoms with E-state index in [1.165, 1.54) is 27.8 Å². The van der Waals surface area contributed by atoms with Crippen molar-refractivity contribution in [3.8, 4) is 0 Å². The summed E-state index contributed by atoms with van der Waals surface area (Å²) in [5.74, 6) is 0. The first-order chi connectivity index (χ1) is 20.9. The molecule has 1 aliphatic carbocycles. The average Bonchev–Trinajstić information content (AvgIpc) is 3.07. The second-order valence-electron chi connectivity index (χ2n) is 17.9. The highest BCUT2D eigenvalue weighted by molar-refractivity contribution is 7.14. The number of hydrogen-bond acceptors (Lipinski definition) is 0. The molecule has 0 nitrogen and oxygen atoms in total. The van der Waals surface area contributed by atoms with Crippen LogP contribution in [0.4, 0.5) is 0 Å². The monoisotopic (exact) mass is 680 g/mol. The summed E-state index contributed by atoms with van der Waals surface area (Å²) in [5.41, 5.74) is 15.8. The van der Waals surface area contributed by atoms with Crippen LogP contribution in [0.25, 0.3) is 0 Å². The molecule has 0 unspecified atom stereocenters. The fourth-order valence-electron chi connectivity index (χ4n) is 10.2. The first-order valence-corrected chi connectivity index (χ1v) is 30.2.